The summed E-state index contributed by atoms with van der Waals surface area (Å²) in [6.07, 6.45) is 1.60. The molecule has 0 bridgehead atoms. The molecule has 0 N–H and O–H groups in total. The predicted molar refractivity (Wildman–Crippen MR) is 87.3 cm³/mol. The predicted octanol–water partition coefficient (Wildman–Crippen LogP) is 2.48. The molecular weight excluding hydrogens is 294 g/mol. The molecule has 5 nitrogen and oxygen atoms in total. The van der Waals surface area contributed by atoms with E-state index < -0.39 is 0 Å². The van der Waals surface area contributed by atoms with E-state index in [2.05, 4.69) is 6.07 Å². The van der Waals surface area contributed by atoms with E-state index in [0.29, 0.717) is 25.4 Å². The standard InChI is InChI=1S/C18H25NO4/c1-4-22-18(21)15-6-5-7-19(11-15)17(20)12-23-16-9-13(2)8-14(3)10-16/h8-10,15H,4-7,11-12H2,1-3H3. The quantitative estimate of drug-likeness (QED) is 0.783. The Kier molecular flexibility index (Phi) is 6.02. The summed E-state index contributed by atoms with van der Waals surface area (Å²) in [5.74, 6) is 0.196. The molecule has 1 heterocycles. The maximum absolute atomic E-state index is 12.3. The number of amides is 1. The highest BCUT2D eigenvalue weighted by Gasteiger charge is 2.29. The first-order valence-corrected chi connectivity index (χ1v) is 8.15. The van der Waals surface area contributed by atoms with E-state index in [9.17, 15) is 9.59 Å². The number of hydrogen-bond acceptors (Lipinski definition) is 4. The molecular formula is C18H25NO4. The highest BCUT2D eigenvalue weighted by Crippen LogP contribution is 2.19. The maximum Gasteiger partial charge on any atom is 0.310 e. The summed E-state index contributed by atoms with van der Waals surface area (Å²) in [6.45, 7) is 7.25. The van der Waals surface area contributed by atoms with E-state index in [1.165, 1.54) is 0 Å². The summed E-state index contributed by atoms with van der Waals surface area (Å²) >= 11 is 0. The van der Waals surface area contributed by atoms with Crippen molar-refractivity contribution in [1.29, 1.82) is 0 Å². The van der Waals surface area contributed by atoms with Crippen LogP contribution in [0.25, 0.3) is 0 Å². The summed E-state index contributed by atoms with van der Waals surface area (Å²) in [4.78, 5) is 25.8. The maximum atomic E-state index is 12.3. The van der Waals surface area contributed by atoms with Gasteiger partial charge in [-0.2, -0.15) is 0 Å². The Morgan fingerprint density at radius 3 is 2.57 bits per heavy atom. The minimum atomic E-state index is -0.214. The van der Waals surface area contributed by atoms with Crippen molar-refractivity contribution in [2.24, 2.45) is 5.92 Å². The van der Waals surface area contributed by atoms with Crippen molar-refractivity contribution in [1.82, 2.24) is 4.90 Å². The first-order valence-electron chi connectivity index (χ1n) is 8.15. The molecule has 1 aromatic carbocycles. The van der Waals surface area contributed by atoms with Gasteiger partial charge in [-0.1, -0.05) is 6.07 Å². The zero-order valence-corrected chi connectivity index (χ0v) is 14.1. The second-order valence-electron chi connectivity index (χ2n) is 6.04. The van der Waals surface area contributed by atoms with Crippen LogP contribution in [0.15, 0.2) is 18.2 Å². The van der Waals surface area contributed by atoms with Crippen molar-refractivity contribution in [3.8, 4) is 5.75 Å². The second kappa shape index (κ2) is 7.99. The molecule has 1 fully saturated rings. The highest BCUT2D eigenvalue weighted by molar-refractivity contribution is 5.79. The Hall–Kier alpha value is -2.04. The molecule has 1 atom stereocenters. The number of carbonyl (C=O) groups excluding carboxylic acids is 2. The minimum absolute atomic E-state index is 0.00155. The lowest BCUT2D eigenvalue weighted by Crippen LogP contribution is -2.44. The van der Waals surface area contributed by atoms with Gasteiger partial charge in [-0.3, -0.25) is 9.59 Å². The van der Waals surface area contributed by atoms with Gasteiger partial charge in [-0.05, 0) is 56.9 Å². The first kappa shape index (κ1) is 17.3. The van der Waals surface area contributed by atoms with Crippen molar-refractivity contribution >= 4 is 11.9 Å². The number of carbonyl (C=O) groups is 2. The third-order valence-electron chi connectivity index (χ3n) is 3.95. The van der Waals surface area contributed by atoms with E-state index >= 15 is 0 Å². The summed E-state index contributed by atoms with van der Waals surface area (Å²) in [5, 5.41) is 0. The Bertz CT molecular complexity index is 550. The van der Waals surface area contributed by atoms with Gasteiger partial charge in [-0.15, -0.1) is 0 Å². The van der Waals surface area contributed by atoms with Gasteiger partial charge < -0.3 is 14.4 Å². The van der Waals surface area contributed by atoms with Gasteiger partial charge in [0.2, 0.25) is 0 Å². The Labute approximate surface area is 137 Å². The van der Waals surface area contributed by atoms with Crippen LogP contribution < -0.4 is 4.74 Å². The van der Waals surface area contributed by atoms with Crippen LogP contribution in [0.2, 0.25) is 0 Å². The van der Waals surface area contributed by atoms with Crippen LogP contribution in [0.1, 0.15) is 30.9 Å². The van der Waals surface area contributed by atoms with Crippen LogP contribution in [0.3, 0.4) is 0 Å². The van der Waals surface area contributed by atoms with E-state index in [0.717, 1.165) is 24.0 Å². The van der Waals surface area contributed by atoms with E-state index in [1.807, 2.05) is 26.0 Å². The molecule has 1 aliphatic heterocycles. The Balaban J connectivity index is 1.88. The molecule has 0 radical (unpaired) electrons. The molecule has 1 aromatic rings. The van der Waals surface area contributed by atoms with E-state index in [1.54, 1.807) is 11.8 Å². The fourth-order valence-corrected chi connectivity index (χ4v) is 2.91. The van der Waals surface area contributed by atoms with Gasteiger partial charge >= 0.3 is 5.97 Å². The molecule has 1 unspecified atom stereocenters. The molecule has 2 rings (SSSR count). The van der Waals surface area contributed by atoms with E-state index in [-0.39, 0.29) is 24.4 Å². The van der Waals surface area contributed by atoms with Gasteiger partial charge in [0, 0.05) is 13.1 Å². The molecule has 0 aromatic heterocycles. The van der Waals surface area contributed by atoms with Crippen LogP contribution in [0.4, 0.5) is 0 Å². The molecule has 5 heteroatoms. The van der Waals surface area contributed by atoms with Gasteiger partial charge in [0.05, 0.1) is 12.5 Å². The summed E-state index contributed by atoms with van der Waals surface area (Å²) in [5.41, 5.74) is 2.21. The van der Waals surface area contributed by atoms with Gasteiger partial charge in [0.1, 0.15) is 5.75 Å². The molecule has 1 amide bonds. The smallest absolute Gasteiger partial charge is 0.310 e. The van der Waals surface area contributed by atoms with Crippen LogP contribution in [-0.4, -0.2) is 43.1 Å². The molecule has 23 heavy (non-hydrogen) atoms. The topological polar surface area (TPSA) is 55.8 Å². The summed E-state index contributed by atoms with van der Waals surface area (Å²) < 4.78 is 10.7. The zero-order valence-electron chi connectivity index (χ0n) is 14.1. The minimum Gasteiger partial charge on any atom is -0.484 e. The first-order chi connectivity index (χ1) is 11.0. The third-order valence-corrected chi connectivity index (χ3v) is 3.95. The third kappa shape index (κ3) is 4.98. The number of hydrogen-bond donors (Lipinski definition) is 0. The molecule has 0 aliphatic carbocycles. The number of piperidine rings is 1. The van der Waals surface area contributed by atoms with Crippen LogP contribution in [0, 0.1) is 19.8 Å². The largest absolute Gasteiger partial charge is 0.484 e. The SMILES string of the molecule is CCOC(=O)C1CCCN(C(=O)COc2cc(C)cc(C)c2)C1. The number of benzene rings is 1. The lowest BCUT2D eigenvalue weighted by molar-refractivity contribution is -0.151. The fraction of sp³-hybridized carbons (Fsp3) is 0.556. The highest BCUT2D eigenvalue weighted by atomic mass is 16.5. The lowest BCUT2D eigenvalue weighted by Gasteiger charge is -2.31. The van der Waals surface area contributed by atoms with E-state index in [4.69, 9.17) is 9.47 Å². The van der Waals surface area contributed by atoms with Crippen molar-refractivity contribution < 1.29 is 19.1 Å². The van der Waals surface area contributed by atoms with Crippen molar-refractivity contribution in [3.63, 3.8) is 0 Å². The lowest BCUT2D eigenvalue weighted by atomic mass is 9.98. The van der Waals surface area contributed by atoms with Gasteiger partial charge in [0.25, 0.3) is 5.91 Å². The van der Waals surface area contributed by atoms with Crippen LogP contribution >= 0.6 is 0 Å². The average molecular weight is 319 g/mol. The number of aryl methyl sites for hydroxylation is 2. The van der Waals surface area contributed by atoms with Crippen LogP contribution in [-0.2, 0) is 14.3 Å². The molecule has 1 saturated heterocycles. The summed E-state index contributed by atoms with van der Waals surface area (Å²) in [6, 6.07) is 5.89. The fourth-order valence-electron chi connectivity index (χ4n) is 2.91. The number of likely N-dealkylation sites (tertiary alicyclic amines) is 1. The molecule has 0 saturated carbocycles. The summed E-state index contributed by atoms with van der Waals surface area (Å²) in [7, 11) is 0. The number of esters is 1. The molecule has 0 spiro atoms. The number of nitrogens with zero attached hydrogens (tertiary/aromatic N) is 1. The Morgan fingerprint density at radius 2 is 1.91 bits per heavy atom. The van der Waals surface area contributed by atoms with Crippen molar-refractivity contribution in [3.05, 3.63) is 29.3 Å². The molecule has 126 valence electrons. The monoisotopic (exact) mass is 319 g/mol. The van der Waals surface area contributed by atoms with Crippen molar-refractivity contribution in [2.45, 2.75) is 33.6 Å². The van der Waals surface area contributed by atoms with Crippen molar-refractivity contribution in [2.75, 3.05) is 26.3 Å². The van der Waals surface area contributed by atoms with Crippen LogP contribution in [0.5, 0.6) is 5.75 Å². The number of ether oxygens (including phenoxy) is 2. The average Bonchev–Trinajstić information content (AvgIpc) is 2.52. The van der Waals surface area contributed by atoms with Gasteiger partial charge in [0.15, 0.2) is 6.61 Å². The zero-order chi connectivity index (χ0) is 16.8. The number of rotatable bonds is 5. The normalized spacial score (nSPS) is 17.7. The van der Waals surface area contributed by atoms with Gasteiger partial charge in [-0.25, -0.2) is 0 Å². The Morgan fingerprint density at radius 1 is 1.22 bits per heavy atom. The second-order valence-corrected chi connectivity index (χ2v) is 6.04. The molecule has 1 aliphatic rings.